The smallest absolute Gasteiger partial charge is 0.374 e. The number of piperidine rings is 1. The fourth-order valence-electron chi connectivity index (χ4n) is 2.64. The van der Waals surface area contributed by atoms with Crippen LogP contribution < -0.4 is 5.73 Å². The van der Waals surface area contributed by atoms with E-state index in [2.05, 4.69) is 0 Å². The summed E-state index contributed by atoms with van der Waals surface area (Å²) in [5.74, 6) is -0.791. The maximum atomic E-state index is 12.7. The van der Waals surface area contributed by atoms with E-state index >= 15 is 0 Å². The number of furan rings is 1. The summed E-state index contributed by atoms with van der Waals surface area (Å²) < 4.78 is 36.8. The number of sulfonamides is 1. The van der Waals surface area contributed by atoms with Crippen molar-refractivity contribution < 1.29 is 22.4 Å². The average molecular weight is 330 g/mol. The predicted molar refractivity (Wildman–Crippen MR) is 79.8 cm³/mol. The van der Waals surface area contributed by atoms with Gasteiger partial charge in [-0.25, -0.2) is 13.2 Å². The van der Waals surface area contributed by atoms with Gasteiger partial charge in [-0.2, -0.15) is 4.31 Å². The largest absolute Gasteiger partial charge is 0.460 e. The average Bonchev–Trinajstić information content (AvgIpc) is 2.98. The molecule has 7 nitrogen and oxygen atoms in total. The molecule has 2 heterocycles. The van der Waals surface area contributed by atoms with E-state index in [1.807, 2.05) is 0 Å². The van der Waals surface area contributed by atoms with E-state index in [-0.39, 0.29) is 29.5 Å². The maximum absolute atomic E-state index is 12.7. The fraction of sp³-hybridized carbons (Fsp3) is 0.643. The summed E-state index contributed by atoms with van der Waals surface area (Å²) in [5, 5.41) is -0.247. The second kappa shape index (κ2) is 6.80. The molecule has 0 radical (unpaired) electrons. The Balaban J connectivity index is 2.27. The van der Waals surface area contributed by atoms with Gasteiger partial charge in [0.1, 0.15) is 0 Å². The van der Waals surface area contributed by atoms with E-state index in [1.54, 1.807) is 13.8 Å². The Hall–Kier alpha value is -1.38. The van der Waals surface area contributed by atoms with Gasteiger partial charge in [0.05, 0.1) is 6.61 Å². The highest BCUT2D eigenvalue weighted by Gasteiger charge is 2.37. The van der Waals surface area contributed by atoms with Gasteiger partial charge in [0, 0.05) is 18.6 Å². The number of hydrogen-bond acceptors (Lipinski definition) is 6. The number of hydrogen-bond donors (Lipinski definition) is 1. The number of ether oxygens (including phenoxy) is 1. The van der Waals surface area contributed by atoms with Crippen LogP contribution in [0.1, 0.15) is 43.7 Å². The molecule has 0 saturated carbocycles. The van der Waals surface area contributed by atoms with Gasteiger partial charge in [-0.3, -0.25) is 0 Å². The van der Waals surface area contributed by atoms with Gasteiger partial charge in [-0.05, 0) is 38.8 Å². The van der Waals surface area contributed by atoms with Crippen molar-refractivity contribution >= 4 is 16.0 Å². The van der Waals surface area contributed by atoms with Crippen LogP contribution in [0.2, 0.25) is 0 Å². The summed E-state index contributed by atoms with van der Waals surface area (Å²) in [6.07, 6.45) is 2.46. The van der Waals surface area contributed by atoms with Gasteiger partial charge in [0.15, 0.2) is 0 Å². The lowest BCUT2D eigenvalue weighted by molar-refractivity contribution is 0.0483. The Morgan fingerprint density at radius 1 is 1.50 bits per heavy atom. The first kappa shape index (κ1) is 17.0. The van der Waals surface area contributed by atoms with Crippen LogP contribution in [-0.2, 0) is 14.8 Å². The first-order valence-corrected chi connectivity index (χ1v) is 8.86. The van der Waals surface area contributed by atoms with Gasteiger partial charge in [0.2, 0.25) is 10.9 Å². The normalized spacial score (nSPS) is 21.5. The van der Waals surface area contributed by atoms with E-state index in [4.69, 9.17) is 14.9 Å². The number of nitrogens with zero attached hydrogens (tertiary/aromatic N) is 1. The predicted octanol–water partition coefficient (Wildman–Crippen LogP) is 1.35. The van der Waals surface area contributed by atoms with Crippen molar-refractivity contribution in [2.75, 3.05) is 13.2 Å². The minimum Gasteiger partial charge on any atom is -0.460 e. The molecule has 1 aromatic rings. The SMILES string of the molecule is CCOC(=O)c1ccc(S(=O)(=O)N2CCCCC2C(C)N)o1. The third-order valence-corrected chi connectivity index (χ3v) is 5.52. The Morgan fingerprint density at radius 3 is 2.86 bits per heavy atom. The molecule has 0 amide bonds. The number of esters is 1. The monoisotopic (exact) mass is 330 g/mol. The van der Waals surface area contributed by atoms with E-state index in [1.165, 1.54) is 16.4 Å². The molecular weight excluding hydrogens is 308 g/mol. The Kier molecular flexibility index (Phi) is 5.25. The Labute approximate surface area is 130 Å². The number of rotatable bonds is 5. The van der Waals surface area contributed by atoms with Crippen molar-refractivity contribution in [3.63, 3.8) is 0 Å². The highest BCUT2D eigenvalue weighted by Crippen LogP contribution is 2.27. The molecule has 0 bridgehead atoms. The number of nitrogens with two attached hydrogens (primary N) is 1. The zero-order valence-corrected chi connectivity index (χ0v) is 13.6. The molecule has 1 aromatic heterocycles. The molecule has 8 heteroatoms. The molecule has 2 unspecified atom stereocenters. The third-order valence-electron chi connectivity index (χ3n) is 3.73. The van der Waals surface area contributed by atoms with Crippen LogP contribution >= 0.6 is 0 Å². The summed E-state index contributed by atoms with van der Waals surface area (Å²) in [6, 6.07) is 2.08. The quantitative estimate of drug-likeness (QED) is 0.817. The van der Waals surface area contributed by atoms with Crippen LogP contribution in [0.25, 0.3) is 0 Å². The van der Waals surface area contributed by atoms with Crippen LogP contribution in [0, 0.1) is 0 Å². The minimum absolute atomic E-state index is 0.116. The zero-order chi connectivity index (χ0) is 16.3. The lowest BCUT2D eigenvalue weighted by Gasteiger charge is -2.36. The standard InChI is InChI=1S/C14H22N2O5S/c1-3-20-14(17)12-7-8-13(21-12)22(18,19)16-9-5-4-6-11(16)10(2)15/h7-8,10-11H,3-6,9,15H2,1-2H3. The summed E-state index contributed by atoms with van der Waals surface area (Å²) in [5.41, 5.74) is 5.91. The highest BCUT2D eigenvalue weighted by atomic mass is 32.2. The number of carbonyl (C=O) groups is 1. The molecule has 2 rings (SSSR count). The minimum atomic E-state index is -3.80. The van der Waals surface area contributed by atoms with E-state index in [0.29, 0.717) is 6.54 Å². The first-order valence-electron chi connectivity index (χ1n) is 7.42. The summed E-state index contributed by atoms with van der Waals surface area (Å²) >= 11 is 0. The molecule has 124 valence electrons. The van der Waals surface area contributed by atoms with Crippen molar-refractivity contribution in [1.29, 1.82) is 0 Å². The van der Waals surface area contributed by atoms with E-state index < -0.39 is 16.0 Å². The highest BCUT2D eigenvalue weighted by molar-refractivity contribution is 7.89. The van der Waals surface area contributed by atoms with E-state index in [9.17, 15) is 13.2 Å². The first-order chi connectivity index (χ1) is 10.4. The molecule has 0 spiro atoms. The summed E-state index contributed by atoms with van der Waals surface area (Å²) in [4.78, 5) is 11.6. The lowest BCUT2D eigenvalue weighted by atomic mass is 10.00. The molecule has 1 saturated heterocycles. The lowest BCUT2D eigenvalue weighted by Crippen LogP contribution is -2.51. The van der Waals surface area contributed by atoms with Gasteiger partial charge >= 0.3 is 5.97 Å². The van der Waals surface area contributed by atoms with Gasteiger partial charge in [-0.1, -0.05) is 6.42 Å². The van der Waals surface area contributed by atoms with Crippen LogP contribution in [0.3, 0.4) is 0 Å². The fourth-order valence-corrected chi connectivity index (χ4v) is 4.33. The van der Waals surface area contributed by atoms with Crippen molar-refractivity contribution in [3.8, 4) is 0 Å². The third kappa shape index (κ3) is 3.34. The van der Waals surface area contributed by atoms with Crippen molar-refractivity contribution in [2.45, 2.75) is 50.3 Å². The van der Waals surface area contributed by atoms with E-state index in [0.717, 1.165) is 19.3 Å². The zero-order valence-electron chi connectivity index (χ0n) is 12.8. The van der Waals surface area contributed by atoms with Gasteiger partial charge in [0.25, 0.3) is 10.0 Å². The molecule has 1 fully saturated rings. The molecule has 1 aliphatic rings. The summed E-state index contributed by atoms with van der Waals surface area (Å²) in [7, 11) is -3.80. The molecule has 0 aliphatic carbocycles. The molecule has 0 aromatic carbocycles. The van der Waals surface area contributed by atoms with Crippen molar-refractivity contribution in [1.82, 2.24) is 4.31 Å². The van der Waals surface area contributed by atoms with Crippen LogP contribution in [0.5, 0.6) is 0 Å². The second-order valence-electron chi connectivity index (χ2n) is 5.38. The molecule has 22 heavy (non-hydrogen) atoms. The van der Waals surface area contributed by atoms with Crippen molar-refractivity contribution in [2.24, 2.45) is 5.73 Å². The summed E-state index contributed by atoms with van der Waals surface area (Å²) in [6.45, 7) is 4.06. The molecule has 1 aliphatic heterocycles. The second-order valence-corrected chi connectivity index (χ2v) is 7.20. The van der Waals surface area contributed by atoms with Crippen LogP contribution in [0.4, 0.5) is 0 Å². The van der Waals surface area contributed by atoms with Gasteiger partial charge < -0.3 is 14.9 Å². The maximum Gasteiger partial charge on any atom is 0.374 e. The van der Waals surface area contributed by atoms with Crippen LogP contribution in [-0.4, -0.2) is 43.9 Å². The molecule has 2 atom stereocenters. The molecular formula is C14H22N2O5S. The molecule has 2 N–H and O–H groups in total. The van der Waals surface area contributed by atoms with Crippen LogP contribution in [0.15, 0.2) is 21.6 Å². The van der Waals surface area contributed by atoms with Gasteiger partial charge in [-0.15, -0.1) is 0 Å². The Morgan fingerprint density at radius 2 is 2.23 bits per heavy atom. The van der Waals surface area contributed by atoms with Crippen molar-refractivity contribution in [3.05, 3.63) is 17.9 Å². The topological polar surface area (TPSA) is 103 Å². The Bertz CT molecular complexity index is 623. The number of carbonyl (C=O) groups excluding carboxylic acids is 1.